The van der Waals surface area contributed by atoms with Gasteiger partial charge in [-0.3, -0.25) is 0 Å². The maximum atomic E-state index is 9.14. The van der Waals surface area contributed by atoms with E-state index in [4.69, 9.17) is 9.84 Å². The normalized spacial score (nSPS) is 12.6. The van der Waals surface area contributed by atoms with E-state index in [-0.39, 0.29) is 6.10 Å². The Morgan fingerprint density at radius 3 is 2.31 bits per heavy atom. The molecule has 0 spiro atoms. The molecule has 2 N–H and O–H groups in total. The predicted octanol–water partition coefficient (Wildman–Crippen LogP) is 1.78. The molecule has 3 nitrogen and oxygen atoms in total. The van der Waals surface area contributed by atoms with Crippen LogP contribution in [0.4, 0.5) is 0 Å². The molecule has 1 aromatic rings. The Bertz CT molecular complexity index is 325. The number of benzene rings is 1. The summed E-state index contributed by atoms with van der Waals surface area (Å²) in [5.41, 5.74) is 3.52. The van der Waals surface area contributed by atoms with Crippen LogP contribution >= 0.6 is 0 Å². The van der Waals surface area contributed by atoms with Crippen LogP contribution in [0, 0.1) is 13.8 Å². The smallest absolute Gasteiger partial charge is 0.124 e. The monoisotopic (exact) mass is 223 g/mol. The maximum absolute atomic E-state index is 9.14. The Morgan fingerprint density at radius 2 is 1.88 bits per heavy atom. The van der Waals surface area contributed by atoms with Gasteiger partial charge in [0, 0.05) is 13.1 Å². The number of rotatable bonds is 5. The topological polar surface area (TPSA) is 41.5 Å². The minimum atomic E-state index is -0.305. The minimum Gasteiger partial charge on any atom is -0.496 e. The molecule has 0 aliphatic rings. The van der Waals surface area contributed by atoms with E-state index in [0.29, 0.717) is 6.54 Å². The Balaban J connectivity index is 2.68. The van der Waals surface area contributed by atoms with Crippen LogP contribution in [0.15, 0.2) is 12.1 Å². The molecular formula is C13H21NO2. The quantitative estimate of drug-likeness (QED) is 0.799. The van der Waals surface area contributed by atoms with Gasteiger partial charge < -0.3 is 15.2 Å². The van der Waals surface area contributed by atoms with Crippen molar-refractivity contribution in [2.24, 2.45) is 0 Å². The molecule has 1 rings (SSSR count). The molecule has 0 saturated heterocycles. The Morgan fingerprint density at radius 1 is 1.31 bits per heavy atom. The van der Waals surface area contributed by atoms with Gasteiger partial charge in [0.25, 0.3) is 0 Å². The first kappa shape index (κ1) is 13.0. The molecule has 0 aliphatic heterocycles. The number of aliphatic hydroxyl groups excluding tert-OH is 1. The van der Waals surface area contributed by atoms with Crippen molar-refractivity contribution in [3.8, 4) is 5.75 Å². The van der Waals surface area contributed by atoms with Crippen molar-refractivity contribution in [3.05, 3.63) is 28.8 Å². The summed E-state index contributed by atoms with van der Waals surface area (Å²) in [7, 11) is 1.70. The summed E-state index contributed by atoms with van der Waals surface area (Å²) in [6, 6.07) is 4.22. The average Bonchev–Trinajstić information content (AvgIpc) is 2.16. The van der Waals surface area contributed by atoms with Crippen LogP contribution in [0.5, 0.6) is 5.75 Å². The molecule has 0 aliphatic carbocycles. The van der Waals surface area contributed by atoms with E-state index >= 15 is 0 Å². The fraction of sp³-hybridized carbons (Fsp3) is 0.538. The van der Waals surface area contributed by atoms with Crippen LogP contribution in [0.1, 0.15) is 23.6 Å². The van der Waals surface area contributed by atoms with Crippen LogP contribution in [-0.4, -0.2) is 24.9 Å². The van der Waals surface area contributed by atoms with Crippen molar-refractivity contribution >= 4 is 0 Å². The second-order valence-electron chi connectivity index (χ2n) is 4.24. The number of hydrogen-bond acceptors (Lipinski definition) is 3. The summed E-state index contributed by atoms with van der Waals surface area (Å²) in [6.45, 7) is 7.26. The van der Waals surface area contributed by atoms with Gasteiger partial charge in [-0.2, -0.15) is 0 Å². The molecule has 0 fully saturated rings. The molecule has 90 valence electrons. The SMILES string of the molecule is COc1c(C)cc(CNCC(C)O)cc1C. The van der Waals surface area contributed by atoms with E-state index < -0.39 is 0 Å². The highest BCUT2D eigenvalue weighted by molar-refractivity contribution is 5.43. The Kier molecular flexibility index (Phi) is 4.77. The van der Waals surface area contributed by atoms with E-state index in [0.717, 1.165) is 23.4 Å². The summed E-state index contributed by atoms with van der Waals surface area (Å²) in [5, 5.41) is 12.3. The summed E-state index contributed by atoms with van der Waals surface area (Å²) in [6.07, 6.45) is -0.305. The van der Waals surface area contributed by atoms with E-state index in [1.165, 1.54) is 5.56 Å². The number of nitrogens with one attached hydrogen (secondary N) is 1. The van der Waals surface area contributed by atoms with Crippen LogP contribution in [0.3, 0.4) is 0 Å². The van der Waals surface area contributed by atoms with Crippen LogP contribution in [0.2, 0.25) is 0 Å². The van der Waals surface area contributed by atoms with Gasteiger partial charge in [-0.05, 0) is 37.5 Å². The lowest BCUT2D eigenvalue weighted by molar-refractivity contribution is 0.191. The number of aryl methyl sites for hydroxylation is 2. The lowest BCUT2D eigenvalue weighted by atomic mass is 10.1. The van der Waals surface area contributed by atoms with E-state index in [1.54, 1.807) is 14.0 Å². The lowest BCUT2D eigenvalue weighted by Crippen LogP contribution is -2.23. The minimum absolute atomic E-state index is 0.305. The summed E-state index contributed by atoms with van der Waals surface area (Å²) < 4.78 is 5.31. The standard InChI is InChI=1S/C13H21NO2/c1-9-5-12(8-14-7-11(3)15)6-10(2)13(9)16-4/h5-6,11,14-15H,7-8H2,1-4H3. The van der Waals surface area contributed by atoms with Gasteiger partial charge in [0.1, 0.15) is 5.75 Å². The maximum Gasteiger partial charge on any atom is 0.124 e. The second-order valence-corrected chi connectivity index (χ2v) is 4.24. The Hall–Kier alpha value is -1.06. The first-order valence-corrected chi connectivity index (χ1v) is 5.57. The lowest BCUT2D eigenvalue weighted by Gasteiger charge is -2.12. The van der Waals surface area contributed by atoms with Gasteiger partial charge >= 0.3 is 0 Å². The zero-order valence-electron chi connectivity index (χ0n) is 10.5. The van der Waals surface area contributed by atoms with Crippen molar-refractivity contribution in [2.75, 3.05) is 13.7 Å². The highest BCUT2D eigenvalue weighted by Gasteiger charge is 2.05. The molecule has 1 unspecified atom stereocenters. The van der Waals surface area contributed by atoms with Crippen molar-refractivity contribution in [3.63, 3.8) is 0 Å². The first-order valence-electron chi connectivity index (χ1n) is 5.57. The van der Waals surface area contributed by atoms with Gasteiger partial charge in [-0.1, -0.05) is 12.1 Å². The molecule has 3 heteroatoms. The van der Waals surface area contributed by atoms with Crippen molar-refractivity contribution in [1.82, 2.24) is 5.32 Å². The highest BCUT2D eigenvalue weighted by atomic mass is 16.5. The third-order valence-corrected chi connectivity index (χ3v) is 2.49. The molecule has 0 radical (unpaired) electrons. The van der Waals surface area contributed by atoms with E-state index in [9.17, 15) is 0 Å². The molecule has 0 heterocycles. The molecule has 0 saturated carbocycles. The Labute approximate surface area is 97.4 Å². The third kappa shape index (κ3) is 3.51. The predicted molar refractivity (Wildman–Crippen MR) is 65.9 cm³/mol. The fourth-order valence-electron chi connectivity index (χ4n) is 1.89. The van der Waals surface area contributed by atoms with Crippen molar-refractivity contribution < 1.29 is 9.84 Å². The molecule has 1 aromatic carbocycles. The zero-order valence-corrected chi connectivity index (χ0v) is 10.5. The van der Waals surface area contributed by atoms with E-state index in [2.05, 4.69) is 17.4 Å². The second kappa shape index (κ2) is 5.87. The number of hydrogen-bond donors (Lipinski definition) is 2. The van der Waals surface area contributed by atoms with Gasteiger partial charge in [0.2, 0.25) is 0 Å². The number of ether oxygens (including phenoxy) is 1. The van der Waals surface area contributed by atoms with Crippen molar-refractivity contribution in [1.29, 1.82) is 0 Å². The highest BCUT2D eigenvalue weighted by Crippen LogP contribution is 2.24. The molecule has 0 amide bonds. The van der Waals surface area contributed by atoms with Crippen LogP contribution in [0.25, 0.3) is 0 Å². The zero-order chi connectivity index (χ0) is 12.1. The van der Waals surface area contributed by atoms with Crippen LogP contribution in [-0.2, 0) is 6.54 Å². The molecule has 0 bridgehead atoms. The largest absolute Gasteiger partial charge is 0.496 e. The van der Waals surface area contributed by atoms with Crippen molar-refractivity contribution in [2.45, 2.75) is 33.4 Å². The number of methoxy groups -OCH3 is 1. The summed E-state index contributed by atoms with van der Waals surface area (Å²) in [5.74, 6) is 0.958. The first-order chi connectivity index (χ1) is 7.54. The van der Waals surface area contributed by atoms with Gasteiger partial charge in [-0.25, -0.2) is 0 Å². The summed E-state index contributed by atoms with van der Waals surface area (Å²) >= 11 is 0. The number of aliphatic hydroxyl groups is 1. The molecular weight excluding hydrogens is 202 g/mol. The fourth-order valence-corrected chi connectivity index (χ4v) is 1.89. The molecule has 1 atom stereocenters. The molecule has 16 heavy (non-hydrogen) atoms. The molecule has 0 aromatic heterocycles. The van der Waals surface area contributed by atoms with E-state index in [1.807, 2.05) is 13.8 Å². The van der Waals surface area contributed by atoms with Crippen LogP contribution < -0.4 is 10.1 Å². The van der Waals surface area contributed by atoms with Gasteiger partial charge in [0.05, 0.1) is 13.2 Å². The average molecular weight is 223 g/mol. The summed E-state index contributed by atoms with van der Waals surface area (Å²) in [4.78, 5) is 0. The van der Waals surface area contributed by atoms with Gasteiger partial charge in [-0.15, -0.1) is 0 Å². The van der Waals surface area contributed by atoms with Gasteiger partial charge in [0.15, 0.2) is 0 Å². The third-order valence-electron chi connectivity index (χ3n) is 2.49.